The number of carbonyl (C=O) groups excluding carboxylic acids is 1. The molecule has 0 aromatic heterocycles. The molecule has 0 aliphatic carbocycles. The highest BCUT2D eigenvalue weighted by Crippen LogP contribution is 2.26. The van der Waals surface area contributed by atoms with Gasteiger partial charge in [-0.25, -0.2) is 4.79 Å². The zero-order valence-corrected chi connectivity index (χ0v) is 8.63. The van der Waals surface area contributed by atoms with E-state index in [0.717, 1.165) is 16.9 Å². The van der Waals surface area contributed by atoms with Crippen LogP contribution in [0.1, 0.15) is 10.4 Å². The zero-order valence-electron chi connectivity index (χ0n) is 7.81. The van der Waals surface area contributed by atoms with Gasteiger partial charge in [-0.2, -0.15) is 0 Å². The third-order valence-corrected chi connectivity index (χ3v) is 2.17. The second-order valence-corrected chi connectivity index (χ2v) is 3.39. The number of aromatic hydroxyl groups is 1. The van der Waals surface area contributed by atoms with Gasteiger partial charge in [-0.15, -0.1) is 0 Å². The van der Waals surface area contributed by atoms with E-state index in [1.807, 2.05) is 0 Å². The number of methoxy groups -OCH3 is 1. The van der Waals surface area contributed by atoms with E-state index in [4.69, 9.17) is 4.18 Å². The average molecular weight is 214 g/mol. The van der Waals surface area contributed by atoms with Gasteiger partial charge in [0.25, 0.3) is 0 Å². The molecule has 0 saturated heterocycles. The standard InChI is InChI=1S/C9H10O4S/c1-12-9(11)7-4-3-6(14-13-2)5-8(7)10/h3-5,10H,1-2H3. The van der Waals surface area contributed by atoms with Crippen LogP contribution in [0.25, 0.3) is 0 Å². The predicted octanol–water partition coefficient (Wildman–Crippen LogP) is 1.83. The molecular weight excluding hydrogens is 204 g/mol. The summed E-state index contributed by atoms with van der Waals surface area (Å²) in [6.07, 6.45) is 0. The summed E-state index contributed by atoms with van der Waals surface area (Å²) < 4.78 is 9.28. The number of carbonyl (C=O) groups is 1. The van der Waals surface area contributed by atoms with Crippen LogP contribution in [0.4, 0.5) is 0 Å². The SMILES string of the molecule is COSc1ccc(C(=O)OC)c(O)c1. The summed E-state index contributed by atoms with van der Waals surface area (Å²) in [7, 11) is 2.79. The van der Waals surface area contributed by atoms with Gasteiger partial charge in [0.05, 0.1) is 14.2 Å². The number of phenols is 1. The second-order valence-electron chi connectivity index (χ2n) is 2.42. The summed E-state index contributed by atoms with van der Waals surface area (Å²) in [5.41, 5.74) is 0.146. The first-order valence-corrected chi connectivity index (χ1v) is 4.55. The topological polar surface area (TPSA) is 55.8 Å². The minimum Gasteiger partial charge on any atom is -0.507 e. The van der Waals surface area contributed by atoms with Gasteiger partial charge in [0.2, 0.25) is 0 Å². The molecule has 0 aliphatic heterocycles. The second kappa shape index (κ2) is 4.88. The van der Waals surface area contributed by atoms with Gasteiger partial charge in [-0.05, 0) is 18.2 Å². The average Bonchev–Trinajstić information content (AvgIpc) is 2.17. The Morgan fingerprint density at radius 3 is 2.64 bits per heavy atom. The summed E-state index contributed by atoms with van der Waals surface area (Å²) >= 11 is 1.11. The Morgan fingerprint density at radius 2 is 2.14 bits per heavy atom. The van der Waals surface area contributed by atoms with E-state index < -0.39 is 5.97 Å². The van der Waals surface area contributed by atoms with Crippen molar-refractivity contribution in [3.63, 3.8) is 0 Å². The molecule has 76 valence electrons. The van der Waals surface area contributed by atoms with Crippen molar-refractivity contribution >= 4 is 18.0 Å². The molecule has 0 unspecified atom stereocenters. The van der Waals surface area contributed by atoms with Crippen molar-refractivity contribution in [1.82, 2.24) is 0 Å². The van der Waals surface area contributed by atoms with Crippen LogP contribution in [0, 0.1) is 0 Å². The summed E-state index contributed by atoms with van der Waals surface area (Å²) in [4.78, 5) is 11.8. The van der Waals surface area contributed by atoms with Crippen molar-refractivity contribution in [2.45, 2.75) is 4.90 Å². The molecule has 1 aromatic carbocycles. The van der Waals surface area contributed by atoms with Gasteiger partial charge in [0.15, 0.2) is 0 Å². The Bertz CT molecular complexity index is 338. The van der Waals surface area contributed by atoms with E-state index >= 15 is 0 Å². The highest BCUT2D eigenvalue weighted by Gasteiger charge is 2.11. The molecule has 0 fully saturated rings. The number of hydrogen-bond acceptors (Lipinski definition) is 5. The Morgan fingerprint density at radius 1 is 1.43 bits per heavy atom. The van der Waals surface area contributed by atoms with Gasteiger partial charge >= 0.3 is 5.97 Å². The van der Waals surface area contributed by atoms with Crippen LogP contribution >= 0.6 is 12.0 Å². The molecule has 1 N–H and O–H groups in total. The first-order chi connectivity index (χ1) is 6.69. The maximum absolute atomic E-state index is 11.1. The van der Waals surface area contributed by atoms with E-state index in [1.165, 1.54) is 26.4 Å². The maximum Gasteiger partial charge on any atom is 0.341 e. The van der Waals surface area contributed by atoms with Gasteiger partial charge in [0.1, 0.15) is 11.3 Å². The van der Waals surface area contributed by atoms with Gasteiger partial charge in [-0.3, -0.25) is 0 Å². The van der Waals surface area contributed by atoms with Gasteiger partial charge in [0, 0.05) is 16.9 Å². The Hall–Kier alpha value is -1.20. The third kappa shape index (κ3) is 2.40. The van der Waals surface area contributed by atoms with E-state index in [2.05, 4.69) is 4.74 Å². The van der Waals surface area contributed by atoms with E-state index in [1.54, 1.807) is 6.07 Å². The highest BCUT2D eigenvalue weighted by atomic mass is 32.2. The van der Waals surface area contributed by atoms with Crippen LogP contribution in [0.2, 0.25) is 0 Å². The number of benzene rings is 1. The lowest BCUT2D eigenvalue weighted by Gasteiger charge is -2.03. The van der Waals surface area contributed by atoms with Crippen molar-refractivity contribution in [2.75, 3.05) is 14.2 Å². The van der Waals surface area contributed by atoms with Crippen LogP contribution < -0.4 is 0 Å². The molecule has 0 aliphatic rings. The maximum atomic E-state index is 11.1. The first kappa shape index (κ1) is 10.9. The predicted molar refractivity (Wildman–Crippen MR) is 52.3 cm³/mol. The Labute approximate surface area is 86.0 Å². The zero-order chi connectivity index (χ0) is 10.6. The van der Waals surface area contributed by atoms with E-state index in [-0.39, 0.29) is 11.3 Å². The van der Waals surface area contributed by atoms with Gasteiger partial charge in [-0.1, -0.05) is 0 Å². The number of phenolic OH excluding ortho intramolecular Hbond substituents is 1. The fraction of sp³-hybridized carbons (Fsp3) is 0.222. The van der Waals surface area contributed by atoms with Crippen molar-refractivity contribution in [3.05, 3.63) is 23.8 Å². The van der Waals surface area contributed by atoms with E-state index in [9.17, 15) is 9.90 Å². The molecule has 4 nitrogen and oxygen atoms in total. The van der Waals surface area contributed by atoms with Gasteiger partial charge < -0.3 is 14.0 Å². The number of rotatable bonds is 3. The molecule has 0 heterocycles. The normalized spacial score (nSPS) is 9.86. The monoisotopic (exact) mass is 214 g/mol. The molecular formula is C9H10O4S. The lowest BCUT2D eigenvalue weighted by molar-refractivity contribution is 0.0597. The van der Waals surface area contributed by atoms with Crippen LogP contribution in [0.3, 0.4) is 0 Å². The summed E-state index contributed by atoms with van der Waals surface area (Å²) in [5.74, 6) is -0.671. The summed E-state index contributed by atoms with van der Waals surface area (Å²) in [6.45, 7) is 0. The van der Waals surface area contributed by atoms with Crippen molar-refractivity contribution in [1.29, 1.82) is 0 Å². The summed E-state index contributed by atoms with van der Waals surface area (Å²) in [6, 6.07) is 4.60. The van der Waals surface area contributed by atoms with E-state index in [0.29, 0.717) is 0 Å². The third-order valence-electron chi connectivity index (χ3n) is 1.55. The van der Waals surface area contributed by atoms with Crippen LogP contribution in [0.5, 0.6) is 5.75 Å². The number of ether oxygens (including phenoxy) is 1. The molecule has 0 amide bonds. The highest BCUT2D eigenvalue weighted by molar-refractivity contribution is 7.94. The molecule has 1 aromatic rings. The lowest BCUT2D eigenvalue weighted by atomic mass is 10.2. The van der Waals surface area contributed by atoms with Crippen molar-refractivity contribution in [2.24, 2.45) is 0 Å². The minimum atomic E-state index is -0.559. The largest absolute Gasteiger partial charge is 0.507 e. The lowest BCUT2D eigenvalue weighted by Crippen LogP contribution is -2.01. The summed E-state index contributed by atoms with van der Waals surface area (Å²) in [5, 5.41) is 9.45. The van der Waals surface area contributed by atoms with Crippen LogP contribution in [-0.4, -0.2) is 25.3 Å². The molecule has 0 spiro atoms. The molecule has 0 radical (unpaired) electrons. The molecule has 1 rings (SSSR count). The first-order valence-electron chi connectivity index (χ1n) is 3.81. The smallest absolute Gasteiger partial charge is 0.341 e. The molecule has 0 atom stereocenters. The van der Waals surface area contributed by atoms with Crippen LogP contribution in [0.15, 0.2) is 23.1 Å². The number of hydrogen-bond donors (Lipinski definition) is 1. The van der Waals surface area contributed by atoms with Crippen LogP contribution in [-0.2, 0) is 8.92 Å². The molecule has 0 saturated carbocycles. The molecule has 0 bridgehead atoms. The Balaban J connectivity index is 2.95. The van der Waals surface area contributed by atoms with Crippen molar-refractivity contribution < 1.29 is 18.8 Å². The van der Waals surface area contributed by atoms with Crippen molar-refractivity contribution in [3.8, 4) is 5.75 Å². The molecule has 14 heavy (non-hydrogen) atoms. The Kier molecular flexibility index (Phi) is 3.79. The fourth-order valence-corrected chi connectivity index (χ4v) is 1.42. The quantitative estimate of drug-likeness (QED) is 0.614. The molecule has 5 heteroatoms. The minimum absolute atomic E-state index is 0.112. The number of esters is 1. The fourth-order valence-electron chi connectivity index (χ4n) is 0.942.